The number of benzene rings is 2. The van der Waals surface area contributed by atoms with E-state index in [0.717, 1.165) is 5.56 Å². The minimum atomic E-state index is -3.77. The van der Waals surface area contributed by atoms with E-state index in [1.54, 1.807) is 11.0 Å². The molecule has 0 bridgehead atoms. The van der Waals surface area contributed by atoms with Crippen molar-refractivity contribution >= 4 is 21.6 Å². The Kier molecular flexibility index (Phi) is 5.41. The standard InChI is InChI=1S/C20H24N2O4S/c1-4-21(5-2)20(23)17-14-16(10-11-19(17)26-3)27(24,25)22-13-12-15-8-6-7-9-18(15)22/h6-11,14H,4-5,12-13H2,1-3H3. The van der Waals surface area contributed by atoms with Gasteiger partial charge in [0.1, 0.15) is 5.75 Å². The van der Waals surface area contributed by atoms with E-state index < -0.39 is 10.0 Å². The van der Waals surface area contributed by atoms with E-state index in [1.165, 1.54) is 23.5 Å². The quantitative estimate of drug-likeness (QED) is 0.763. The van der Waals surface area contributed by atoms with E-state index in [2.05, 4.69) is 0 Å². The van der Waals surface area contributed by atoms with Crippen LogP contribution in [0, 0.1) is 0 Å². The lowest BCUT2D eigenvalue weighted by Crippen LogP contribution is -2.32. The molecule has 1 heterocycles. The summed E-state index contributed by atoms with van der Waals surface area (Å²) in [6.45, 7) is 5.24. The lowest BCUT2D eigenvalue weighted by Gasteiger charge is -2.22. The Morgan fingerprint density at radius 2 is 1.85 bits per heavy atom. The molecular weight excluding hydrogens is 364 g/mol. The second kappa shape index (κ2) is 7.60. The maximum atomic E-state index is 13.2. The first-order valence-corrected chi connectivity index (χ1v) is 10.5. The van der Waals surface area contributed by atoms with Gasteiger partial charge in [-0.15, -0.1) is 0 Å². The predicted octanol–water partition coefficient (Wildman–Crippen LogP) is 2.93. The molecule has 0 aromatic heterocycles. The van der Waals surface area contributed by atoms with E-state index >= 15 is 0 Å². The fraction of sp³-hybridized carbons (Fsp3) is 0.350. The van der Waals surface area contributed by atoms with Gasteiger partial charge in [-0.2, -0.15) is 0 Å². The zero-order chi connectivity index (χ0) is 19.6. The molecule has 144 valence electrons. The number of carbonyl (C=O) groups excluding carboxylic acids is 1. The molecule has 27 heavy (non-hydrogen) atoms. The second-order valence-electron chi connectivity index (χ2n) is 6.30. The molecule has 6 nitrogen and oxygen atoms in total. The summed E-state index contributed by atoms with van der Waals surface area (Å²) in [4.78, 5) is 14.6. The highest BCUT2D eigenvalue weighted by atomic mass is 32.2. The summed E-state index contributed by atoms with van der Waals surface area (Å²) in [5, 5.41) is 0. The molecule has 0 radical (unpaired) electrons. The number of rotatable bonds is 6. The average Bonchev–Trinajstić information content (AvgIpc) is 3.13. The van der Waals surface area contributed by atoms with Gasteiger partial charge in [-0.1, -0.05) is 18.2 Å². The first-order chi connectivity index (χ1) is 12.9. The highest BCUT2D eigenvalue weighted by Crippen LogP contribution is 2.34. The van der Waals surface area contributed by atoms with Crippen molar-refractivity contribution in [1.29, 1.82) is 0 Å². The van der Waals surface area contributed by atoms with Gasteiger partial charge < -0.3 is 9.64 Å². The summed E-state index contributed by atoms with van der Waals surface area (Å²) >= 11 is 0. The monoisotopic (exact) mass is 388 g/mol. The van der Waals surface area contributed by atoms with Crippen molar-refractivity contribution < 1.29 is 17.9 Å². The first-order valence-electron chi connectivity index (χ1n) is 9.02. The van der Waals surface area contributed by atoms with Gasteiger partial charge in [0.05, 0.1) is 23.3 Å². The van der Waals surface area contributed by atoms with Crippen LogP contribution in [0.15, 0.2) is 47.4 Å². The predicted molar refractivity (Wildman–Crippen MR) is 105 cm³/mol. The molecule has 0 fully saturated rings. The minimum Gasteiger partial charge on any atom is -0.496 e. The van der Waals surface area contributed by atoms with Gasteiger partial charge in [0.15, 0.2) is 0 Å². The highest BCUT2D eigenvalue weighted by molar-refractivity contribution is 7.92. The van der Waals surface area contributed by atoms with Gasteiger partial charge in [-0.3, -0.25) is 9.10 Å². The van der Waals surface area contributed by atoms with E-state index in [4.69, 9.17) is 4.74 Å². The van der Waals surface area contributed by atoms with Crippen LogP contribution in [0.25, 0.3) is 0 Å². The normalized spacial score (nSPS) is 13.4. The molecule has 0 N–H and O–H groups in total. The number of para-hydroxylation sites is 1. The van der Waals surface area contributed by atoms with Crippen molar-refractivity contribution in [1.82, 2.24) is 4.90 Å². The minimum absolute atomic E-state index is 0.0931. The molecular formula is C20H24N2O4S. The van der Waals surface area contributed by atoms with Crippen LogP contribution >= 0.6 is 0 Å². The van der Waals surface area contributed by atoms with Gasteiger partial charge in [-0.05, 0) is 50.1 Å². The SMILES string of the molecule is CCN(CC)C(=O)c1cc(S(=O)(=O)N2CCc3ccccc32)ccc1OC. The zero-order valence-electron chi connectivity index (χ0n) is 15.8. The summed E-state index contributed by atoms with van der Waals surface area (Å²) in [5.41, 5.74) is 1.97. The van der Waals surface area contributed by atoms with Crippen molar-refractivity contribution in [2.75, 3.05) is 31.0 Å². The highest BCUT2D eigenvalue weighted by Gasteiger charge is 2.32. The number of methoxy groups -OCH3 is 1. The van der Waals surface area contributed by atoms with E-state index in [0.29, 0.717) is 37.5 Å². The van der Waals surface area contributed by atoms with Gasteiger partial charge in [0, 0.05) is 19.6 Å². The molecule has 7 heteroatoms. The Labute approximate surface area is 160 Å². The molecule has 0 aliphatic carbocycles. The summed E-state index contributed by atoms with van der Waals surface area (Å²) in [7, 11) is -2.29. The third-order valence-corrected chi connectivity index (χ3v) is 6.69. The Morgan fingerprint density at radius 3 is 2.52 bits per heavy atom. The number of hydrogen-bond donors (Lipinski definition) is 0. The van der Waals surface area contributed by atoms with Crippen molar-refractivity contribution in [2.24, 2.45) is 0 Å². The van der Waals surface area contributed by atoms with Crippen LogP contribution in [0.4, 0.5) is 5.69 Å². The molecule has 0 saturated heterocycles. The van der Waals surface area contributed by atoms with Crippen molar-refractivity contribution in [3.05, 3.63) is 53.6 Å². The third-order valence-electron chi connectivity index (χ3n) is 4.88. The van der Waals surface area contributed by atoms with Crippen LogP contribution in [-0.4, -0.2) is 46.0 Å². The number of carbonyl (C=O) groups is 1. The van der Waals surface area contributed by atoms with Gasteiger partial charge in [-0.25, -0.2) is 8.42 Å². The summed E-state index contributed by atoms with van der Waals surface area (Å²) in [6, 6.07) is 12.0. The maximum Gasteiger partial charge on any atom is 0.264 e. The first kappa shape index (κ1) is 19.2. The Hall–Kier alpha value is -2.54. The van der Waals surface area contributed by atoms with Crippen LogP contribution < -0.4 is 9.04 Å². The van der Waals surface area contributed by atoms with E-state index in [-0.39, 0.29) is 16.4 Å². The van der Waals surface area contributed by atoms with Crippen LogP contribution in [-0.2, 0) is 16.4 Å². The topological polar surface area (TPSA) is 66.9 Å². The van der Waals surface area contributed by atoms with Gasteiger partial charge in [0.2, 0.25) is 0 Å². The van der Waals surface area contributed by atoms with Crippen LogP contribution in [0.2, 0.25) is 0 Å². The lowest BCUT2D eigenvalue weighted by molar-refractivity contribution is 0.0769. The average molecular weight is 388 g/mol. The number of sulfonamides is 1. The molecule has 2 aromatic rings. The second-order valence-corrected chi connectivity index (χ2v) is 8.16. The number of hydrogen-bond acceptors (Lipinski definition) is 4. The van der Waals surface area contributed by atoms with Crippen LogP contribution in [0.3, 0.4) is 0 Å². The molecule has 0 saturated carbocycles. The molecule has 1 aliphatic heterocycles. The molecule has 0 unspecified atom stereocenters. The number of ether oxygens (including phenoxy) is 1. The molecule has 2 aromatic carbocycles. The van der Waals surface area contributed by atoms with Gasteiger partial charge >= 0.3 is 0 Å². The van der Waals surface area contributed by atoms with Crippen molar-refractivity contribution in [3.8, 4) is 5.75 Å². The Morgan fingerprint density at radius 1 is 1.15 bits per heavy atom. The zero-order valence-corrected chi connectivity index (χ0v) is 16.6. The summed E-state index contributed by atoms with van der Waals surface area (Å²) < 4.78 is 33.2. The fourth-order valence-corrected chi connectivity index (χ4v) is 4.91. The largest absolute Gasteiger partial charge is 0.496 e. The summed E-state index contributed by atoms with van der Waals surface area (Å²) in [5.74, 6) is 0.128. The maximum absolute atomic E-state index is 13.2. The number of fused-ring (bicyclic) bond motifs is 1. The van der Waals surface area contributed by atoms with Crippen LogP contribution in [0.1, 0.15) is 29.8 Å². The third kappa shape index (κ3) is 3.39. The number of nitrogens with zero attached hydrogens (tertiary/aromatic N) is 2. The smallest absolute Gasteiger partial charge is 0.264 e. The van der Waals surface area contributed by atoms with E-state index in [1.807, 2.05) is 38.1 Å². The molecule has 1 aliphatic rings. The molecule has 1 amide bonds. The van der Waals surface area contributed by atoms with Gasteiger partial charge in [0.25, 0.3) is 15.9 Å². The number of amides is 1. The van der Waals surface area contributed by atoms with Crippen LogP contribution in [0.5, 0.6) is 5.75 Å². The van der Waals surface area contributed by atoms with Crippen molar-refractivity contribution in [2.45, 2.75) is 25.2 Å². The molecule has 0 atom stereocenters. The Bertz CT molecular complexity index is 952. The summed E-state index contributed by atoms with van der Waals surface area (Å²) in [6.07, 6.45) is 0.677. The van der Waals surface area contributed by atoms with Crippen molar-refractivity contribution in [3.63, 3.8) is 0 Å². The Balaban J connectivity index is 2.05. The fourth-order valence-electron chi connectivity index (χ4n) is 3.38. The molecule has 3 rings (SSSR count). The van der Waals surface area contributed by atoms with E-state index in [9.17, 15) is 13.2 Å². The number of anilines is 1. The molecule has 0 spiro atoms. The lowest BCUT2D eigenvalue weighted by atomic mass is 10.1.